The molecule has 0 unspecified atom stereocenters. The molecule has 0 atom stereocenters. The van der Waals surface area contributed by atoms with Gasteiger partial charge in [0.05, 0.1) is 4.92 Å². The van der Waals surface area contributed by atoms with Gasteiger partial charge in [0.1, 0.15) is 0 Å². The first-order chi connectivity index (χ1) is 8.09. The Bertz CT molecular complexity index is 423. The second kappa shape index (κ2) is 4.84. The largest absolute Gasteiger partial charge is 0.328 e. The lowest BCUT2D eigenvalue weighted by Crippen LogP contribution is -2.26. The molecular formula is C13H18N2O2. The van der Waals surface area contributed by atoms with E-state index in [4.69, 9.17) is 5.73 Å². The second-order valence-corrected chi connectivity index (χ2v) is 4.88. The number of nitrogens with zero attached hydrogens (tertiary/aromatic N) is 1. The summed E-state index contributed by atoms with van der Waals surface area (Å²) in [6.07, 6.45) is 3.87. The maximum Gasteiger partial charge on any atom is 0.273 e. The normalized spacial score (nSPS) is 24.6. The maximum atomic E-state index is 11.1. The summed E-state index contributed by atoms with van der Waals surface area (Å²) >= 11 is 0. The molecule has 92 valence electrons. The molecule has 4 nitrogen and oxygen atoms in total. The summed E-state index contributed by atoms with van der Waals surface area (Å²) in [5, 5.41) is 11.1. The minimum atomic E-state index is -0.267. The van der Waals surface area contributed by atoms with E-state index in [1.54, 1.807) is 12.1 Å². The predicted molar refractivity (Wildman–Crippen MR) is 67.0 cm³/mol. The van der Waals surface area contributed by atoms with Gasteiger partial charge in [-0.25, -0.2) is 0 Å². The first kappa shape index (κ1) is 12.0. The molecule has 0 heterocycles. The topological polar surface area (TPSA) is 69.2 Å². The zero-order valence-corrected chi connectivity index (χ0v) is 10.1. The van der Waals surface area contributed by atoms with Crippen LogP contribution in [0.2, 0.25) is 0 Å². The SMILES string of the molecule is Cc1cccc([N+](=O)[O-])c1C1CCC(N)CC1. The molecule has 1 aromatic carbocycles. The molecule has 0 aromatic heterocycles. The van der Waals surface area contributed by atoms with E-state index in [-0.39, 0.29) is 16.7 Å². The van der Waals surface area contributed by atoms with Crippen molar-refractivity contribution in [3.8, 4) is 0 Å². The van der Waals surface area contributed by atoms with Crippen LogP contribution < -0.4 is 5.73 Å². The Morgan fingerprint density at radius 2 is 1.94 bits per heavy atom. The summed E-state index contributed by atoms with van der Waals surface area (Å²) in [6, 6.07) is 5.59. The van der Waals surface area contributed by atoms with Crippen molar-refractivity contribution in [1.29, 1.82) is 0 Å². The van der Waals surface area contributed by atoms with E-state index in [0.717, 1.165) is 36.8 Å². The monoisotopic (exact) mass is 234 g/mol. The Hall–Kier alpha value is -1.42. The second-order valence-electron chi connectivity index (χ2n) is 4.88. The van der Waals surface area contributed by atoms with Gasteiger partial charge in [0.15, 0.2) is 0 Å². The van der Waals surface area contributed by atoms with Gasteiger partial charge < -0.3 is 5.73 Å². The number of hydrogen-bond acceptors (Lipinski definition) is 3. The van der Waals surface area contributed by atoms with E-state index < -0.39 is 0 Å². The number of nitrogens with two attached hydrogens (primary N) is 1. The molecule has 1 aliphatic carbocycles. The molecule has 2 N–H and O–H groups in total. The summed E-state index contributed by atoms with van der Waals surface area (Å²) < 4.78 is 0. The Labute approximate surface area is 101 Å². The molecule has 0 bridgehead atoms. The highest BCUT2D eigenvalue weighted by Gasteiger charge is 2.27. The molecule has 1 saturated carbocycles. The molecule has 0 saturated heterocycles. The molecule has 1 fully saturated rings. The van der Waals surface area contributed by atoms with Crippen molar-refractivity contribution < 1.29 is 4.92 Å². The van der Waals surface area contributed by atoms with Crippen molar-refractivity contribution in [2.24, 2.45) is 5.73 Å². The quantitative estimate of drug-likeness (QED) is 0.631. The molecular weight excluding hydrogens is 216 g/mol. The summed E-state index contributed by atoms with van der Waals surface area (Å²) in [7, 11) is 0. The lowest BCUT2D eigenvalue weighted by molar-refractivity contribution is -0.385. The average Bonchev–Trinajstić information content (AvgIpc) is 2.30. The first-order valence-electron chi connectivity index (χ1n) is 6.09. The standard InChI is InChI=1S/C13H18N2O2/c1-9-3-2-4-12(15(16)17)13(9)10-5-7-11(14)8-6-10/h2-4,10-11H,5-8,14H2,1H3. The van der Waals surface area contributed by atoms with E-state index in [9.17, 15) is 10.1 Å². The van der Waals surface area contributed by atoms with Crippen LogP contribution in [0.25, 0.3) is 0 Å². The molecule has 0 spiro atoms. The van der Waals surface area contributed by atoms with Crippen LogP contribution in [-0.2, 0) is 0 Å². The van der Waals surface area contributed by atoms with Gasteiger partial charge in [-0.1, -0.05) is 12.1 Å². The van der Waals surface area contributed by atoms with Crippen LogP contribution in [0.15, 0.2) is 18.2 Å². The van der Waals surface area contributed by atoms with Crippen LogP contribution in [0.3, 0.4) is 0 Å². The van der Waals surface area contributed by atoms with Crippen LogP contribution in [0.1, 0.15) is 42.7 Å². The molecule has 0 amide bonds. The number of rotatable bonds is 2. The molecule has 17 heavy (non-hydrogen) atoms. The van der Waals surface area contributed by atoms with Crippen molar-refractivity contribution in [1.82, 2.24) is 0 Å². The Morgan fingerprint density at radius 3 is 2.53 bits per heavy atom. The van der Waals surface area contributed by atoms with Crippen molar-refractivity contribution in [2.45, 2.75) is 44.6 Å². The highest BCUT2D eigenvalue weighted by molar-refractivity contribution is 5.47. The average molecular weight is 234 g/mol. The van der Waals surface area contributed by atoms with Gasteiger partial charge >= 0.3 is 0 Å². The summed E-state index contributed by atoms with van der Waals surface area (Å²) in [6.45, 7) is 1.96. The van der Waals surface area contributed by atoms with Crippen molar-refractivity contribution >= 4 is 5.69 Å². The zero-order chi connectivity index (χ0) is 12.4. The van der Waals surface area contributed by atoms with Gasteiger partial charge in [-0.05, 0) is 44.1 Å². The molecule has 1 aliphatic rings. The molecule has 0 aliphatic heterocycles. The lowest BCUT2D eigenvalue weighted by atomic mass is 9.80. The number of aryl methyl sites for hydroxylation is 1. The van der Waals surface area contributed by atoms with Crippen molar-refractivity contribution in [3.63, 3.8) is 0 Å². The fourth-order valence-electron chi connectivity index (χ4n) is 2.76. The number of benzene rings is 1. The lowest BCUT2D eigenvalue weighted by Gasteiger charge is -2.27. The van der Waals surface area contributed by atoms with Crippen LogP contribution in [0.5, 0.6) is 0 Å². The third-order valence-corrected chi connectivity index (χ3v) is 3.68. The van der Waals surface area contributed by atoms with E-state index in [0.29, 0.717) is 5.92 Å². The van der Waals surface area contributed by atoms with Gasteiger partial charge in [0.2, 0.25) is 0 Å². The Morgan fingerprint density at radius 1 is 1.29 bits per heavy atom. The third kappa shape index (κ3) is 2.47. The molecule has 0 radical (unpaired) electrons. The number of nitro benzene ring substituents is 1. The van der Waals surface area contributed by atoms with E-state index in [2.05, 4.69) is 0 Å². The Kier molecular flexibility index (Phi) is 3.43. The van der Waals surface area contributed by atoms with E-state index >= 15 is 0 Å². The van der Waals surface area contributed by atoms with Gasteiger partial charge in [-0.15, -0.1) is 0 Å². The molecule has 4 heteroatoms. The predicted octanol–water partition coefficient (Wildman–Crippen LogP) is 2.89. The van der Waals surface area contributed by atoms with Gasteiger partial charge in [-0.2, -0.15) is 0 Å². The maximum absolute atomic E-state index is 11.1. The number of hydrogen-bond donors (Lipinski definition) is 1. The minimum absolute atomic E-state index is 0.267. The third-order valence-electron chi connectivity index (χ3n) is 3.68. The van der Waals surface area contributed by atoms with Crippen molar-refractivity contribution in [3.05, 3.63) is 39.4 Å². The van der Waals surface area contributed by atoms with Gasteiger partial charge in [0, 0.05) is 17.7 Å². The van der Waals surface area contributed by atoms with Gasteiger partial charge in [-0.3, -0.25) is 10.1 Å². The fraction of sp³-hybridized carbons (Fsp3) is 0.538. The first-order valence-corrected chi connectivity index (χ1v) is 6.09. The fourth-order valence-corrected chi connectivity index (χ4v) is 2.76. The smallest absolute Gasteiger partial charge is 0.273 e. The van der Waals surface area contributed by atoms with Crippen LogP contribution in [0, 0.1) is 17.0 Å². The Balaban J connectivity index is 2.33. The van der Waals surface area contributed by atoms with Crippen LogP contribution in [0.4, 0.5) is 5.69 Å². The zero-order valence-electron chi connectivity index (χ0n) is 10.1. The summed E-state index contributed by atoms with van der Waals surface area (Å²) in [4.78, 5) is 10.8. The van der Waals surface area contributed by atoms with E-state index in [1.807, 2.05) is 13.0 Å². The van der Waals surface area contributed by atoms with Crippen molar-refractivity contribution in [2.75, 3.05) is 0 Å². The highest BCUT2D eigenvalue weighted by atomic mass is 16.6. The molecule has 2 rings (SSSR count). The van der Waals surface area contributed by atoms with Crippen LogP contribution >= 0.6 is 0 Å². The minimum Gasteiger partial charge on any atom is -0.328 e. The summed E-state index contributed by atoms with van der Waals surface area (Å²) in [5.41, 5.74) is 8.09. The van der Waals surface area contributed by atoms with E-state index in [1.165, 1.54) is 0 Å². The summed E-state index contributed by atoms with van der Waals surface area (Å²) in [5.74, 6) is 0.302. The van der Waals surface area contributed by atoms with Crippen LogP contribution in [-0.4, -0.2) is 11.0 Å². The number of nitro groups is 1. The molecule has 1 aromatic rings. The highest BCUT2D eigenvalue weighted by Crippen LogP contribution is 2.38. The van der Waals surface area contributed by atoms with Gasteiger partial charge in [0.25, 0.3) is 5.69 Å².